The molecule has 98 valence electrons. The Hall–Kier alpha value is -1.60. The maximum Gasteiger partial charge on any atom is 0.323 e. The van der Waals surface area contributed by atoms with Crippen LogP contribution < -0.4 is 0 Å². The molecule has 1 aliphatic rings. The Kier molecular flexibility index (Phi) is 4.06. The molecule has 19 heavy (non-hydrogen) atoms. The van der Waals surface area contributed by atoms with Crippen LogP contribution in [0.3, 0.4) is 0 Å². The lowest BCUT2D eigenvalue weighted by atomic mass is 10.2. The van der Waals surface area contributed by atoms with E-state index in [1.807, 2.05) is 12.1 Å². The van der Waals surface area contributed by atoms with Crippen molar-refractivity contribution in [1.82, 2.24) is 4.90 Å². The number of benzene rings is 1. The van der Waals surface area contributed by atoms with Gasteiger partial charge in [0, 0.05) is 4.47 Å². The van der Waals surface area contributed by atoms with E-state index in [9.17, 15) is 14.4 Å². The number of thioether (sulfide) groups is 1. The molecule has 0 bridgehead atoms. The van der Waals surface area contributed by atoms with Gasteiger partial charge in [-0.3, -0.25) is 19.3 Å². The molecular formula is C12H8BrNO4S. The minimum atomic E-state index is -1.22. The summed E-state index contributed by atoms with van der Waals surface area (Å²) in [7, 11) is 0. The molecule has 0 unspecified atom stereocenters. The Morgan fingerprint density at radius 1 is 1.32 bits per heavy atom. The molecule has 0 saturated carbocycles. The summed E-state index contributed by atoms with van der Waals surface area (Å²) in [5, 5.41) is 8.08. The molecule has 0 atom stereocenters. The summed E-state index contributed by atoms with van der Waals surface area (Å²) in [5.74, 6) is -1.78. The minimum absolute atomic E-state index is 0.230. The third-order valence-electron chi connectivity index (χ3n) is 2.33. The monoisotopic (exact) mass is 341 g/mol. The van der Waals surface area contributed by atoms with Gasteiger partial charge in [-0.25, -0.2) is 0 Å². The van der Waals surface area contributed by atoms with Crippen LogP contribution >= 0.6 is 27.7 Å². The highest BCUT2D eigenvalue weighted by atomic mass is 79.9. The lowest BCUT2D eigenvalue weighted by Crippen LogP contribution is -2.33. The van der Waals surface area contributed by atoms with E-state index in [0.29, 0.717) is 0 Å². The van der Waals surface area contributed by atoms with Crippen LogP contribution in [0.4, 0.5) is 4.79 Å². The molecule has 1 aliphatic heterocycles. The van der Waals surface area contributed by atoms with Crippen LogP contribution in [-0.4, -0.2) is 33.7 Å². The van der Waals surface area contributed by atoms with Crippen molar-refractivity contribution in [3.8, 4) is 0 Å². The molecule has 0 spiro atoms. The quantitative estimate of drug-likeness (QED) is 0.855. The van der Waals surface area contributed by atoms with Gasteiger partial charge in [-0.2, -0.15) is 0 Å². The number of aliphatic carboxylic acids is 1. The first-order chi connectivity index (χ1) is 8.97. The number of rotatable bonds is 3. The second kappa shape index (κ2) is 5.58. The summed E-state index contributed by atoms with van der Waals surface area (Å²) >= 11 is 4.04. The van der Waals surface area contributed by atoms with Gasteiger partial charge in [0.1, 0.15) is 6.54 Å². The predicted molar refractivity (Wildman–Crippen MR) is 74.5 cm³/mol. The van der Waals surface area contributed by atoms with E-state index < -0.39 is 23.7 Å². The van der Waals surface area contributed by atoms with Gasteiger partial charge in [0.2, 0.25) is 0 Å². The lowest BCUT2D eigenvalue weighted by Gasteiger charge is -2.07. The maximum absolute atomic E-state index is 11.9. The molecule has 1 aromatic rings. The average Bonchev–Trinajstić information content (AvgIpc) is 2.60. The molecule has 0 radical (unpaired) electrons. The van der Waals surface area contributed by atoms with Gasteiger partial charge in [0.15, 0.2) is 0 Å². The van der Waals surface area contributed by atoms with E-state index in [1.165, 1.54) is 0 Å². The fraction of sp³-hybridized carbons (Fsp3) is 0.0833. The summed E-state index contributed by atoms with van der Waals surface area (Å²) in [4.78, 5) is 34.9. The second-order valence-corrected chi connectivity index (χ2v) is 5.62. The van der Waals surface area contributed by atoms with Crippen molar-refractivity contribution in [2.75, 3.05) is 6.54 Å². The first-order valence-electron chi connectivity index (χ1n) is 5.20. The molecule has 0 aliphatic carbocycles. The van der Waals surface area contributed by atoms with Gasteiger partial charge in [0.05, 0.1) is 4.91 Å². The zero-order valence-electron chi connectivity index (χ0n) is 9.50. The zero-order chi connectivity index (χ0) is 14.0. The number of carbonyl (C=O) groups excluding carboxylic acids is 2. The van der Waals surface area contributed by atoms with Crippen molar-refractivity contribution in [2.45, 2.75) is 0 Å². The first-order valence-corrected chi connectivity index (χ1v) is 6.81. The van der Waals surface area contributed by atoms with Crippen molar-refractivity contribution >= 4 is 50.9 Å². The Labute approximate surface area is 121 Å². The van der Waals surface area contributed by atoms with Crippen molar-refractivity contribution < 1.29 is 19.5 Å². The molecule has 1 aromatic carbocycles. The van der Waals surface area contributed by atoms with E-state index in [0.717, 1.165) is 26.7 Å². The number of hydrogen-bond acceptors (Lipinski definition) is 4. The van der Waals surface area contributed by atoms with E-state index in [-0.39, 0.29) is 4.91 Å². The highest BCUT2D eigenvalue weighted by molar-refractivity contribution is 9.10. The maximum atomic E-state index is 11.9. The lowest BCUT2D eigenvalue weighted by molar-refractivity contribution is -0.140. The molecule has 1 saturated heterocycles. The van der Waals surface area contributed by atoms with Gasteiger partial charge in [-0.1, -0.05) is 28.1 Å². The smallest absolute Gasteiger partial charge is 0.323 e. The Bertz CT molecular complexity index is 582. The molecule has 1 heterocycles. The van der Waals surface area contributed by atoms with Gasteiger partial charge >= 0.3 is 5.97 Å². The summed E-state index contributed by atoms with van der Waals surface area (Å²) in [6, 6.07) is 7.20. The predicted octanol–water partition coefficient (Wildman–Crippen LogP) is 2.57. The molecule has 2 rings (SSSR count). The van der Waals surface area contributed by atoms with Gasteiger partial charge in [0.25, 0.3) is 11.1 Å². The van der Waals surface area contributed by atoms with Gasteiger partial charge < -0.3 is 5.11 Å². The van der Waals surface area contributed by atoms with Crippen LogP contribution in [0.2, 0.25) is 0 Å². The number of hydrogen-bond donors (Lipinski definition) is 1. The Balaban J connectivity index is 2.23. The third kappa shape index (κ3) is 3.24. The van der Waals surface area contributed by atoms with E-state index in [2.05, 4.69) is 15.9 Å². The Morgan fingerprint density at radius 2 is 1.95 bits per heavy atom. The number of carboxylic acid groups (broad SMARTS) is 1. The largest absolute Gasteiger partial charge is 0.480 e. The molecule has 1 N–H and O–H groups in total. The summed E-state index contributed by atoms with van der Waals surface area (Å²) < 4.78 is 0.906. The molecule has 1 fully saturated rings. The molecule has 0 aromatic heterocycles. The normalized spacial score (nSPS) is 17.3. The van der Waals surface area contributed by atoms with Crippen LogP contribution in [0.25, 0.3) is 6.08 Å². The van der Waals surface area contributed by atoms with E-state index >= 15 is 0 Å². The second-order valence-electron chi connectivity index (χ2n) is 3.71. The average molecular weight is 342 g/mol. The Morgan fingerprint density at radius 3 is 2.53 bits per heavy atom. The molecule has 2 amide bonds. The van der Waals surface area contributed by atoms with Crippen molar-refractivity contribution in [3.63, 3.8) is 0 Å². The van der Waals surface area contributed by atoms with Gasteiger partial charge in [-0.05, 0) is 35.5 Å². The minimum Gasteiger partial charge on any atom is -0.480 e. The van der Waals surface area contributed by atoms with Crippen molar-refractivity contribution in [3.05, 3.63) is 39.2 Å². The summed E-state index contributed by atoms with van der Waals surface area (Å²) in [6.07, 6.45) is 1.57. The van der Waals surface area contributed by atoms with Gasteiger partial charge in [-0.15, -0.1) is 0 Å². The molecule has 7 heteroatoms. The van der Waals surface area contributed by atoms with Crippen LogP contribution in [0, 0.1) is 0 Å². The molecule has 5 nitrogen and oxygen atoms in total. The summed E-state index contributed by atoms with van der Waals surface area (Å²) in [6.45, 7) is -0.609. The fourth-order valence-corrected chi connectivity index (χ4v) is 2.58. The van der Waals surface area contributed by atoms with Crippen LogP contribution in [-0.2, 0) is 9.59 Å². The SMILES string of the molecule is O=C(O)CN1C(=O)S/C(=C\c2ccc(Br)cc2)C1=O. The van der Waals surface area contributed by atoms with Crippen molar-refractivity contribution in [1.29, 1.82) is 0 Å². The van der Waals surface area contributed by atoms with Crippen LogP contribution in [0.1, 0.15) is 5.56 Å². The van der Waals surface area contributed by atoms with E-state index in [1.54, 1.807) is 18.2 Å². The standard InChI is InChI=1S/C12H8BrNO4S/c13-8-3-1-7(2-4-8)5-9-11(17)14(6-10(15)16)12(18)19-9/h1-5H,6H2,(H,15,16)/b9-5-. The number of carbonyl (C=O) groups is 3. The summed E-state index contributed by atoms with van der Waals surface area (Å²) in [5.41, 5.74) is 0.768. The number of amides is 2. The number of imide groups is 1. The highest BCUT2D eigenvalue weighted by Crippen LogP contribution is 2.32. The van der Waals surface area contributed by atoms with Crippen molar-refractivity contribution in [2.24, 2.45) is 0 Å². The zero-order valence-corrected chi connectivity index (χ0v) is 11.9. The van der Waals surface area contributed by atoms with Crippen LogP contribution in [0.5, 0.6) is 0 Å². The first kappa shape index (κ1) is 13.8. The topological polar surface area (TPSA) is 74.7 Å². The molecular weight excluding hydrogens is 334 g/mol. The highest BCUT2D eigenvalue weighted by Gasteiger charge is 2.36. The third-order valence-corrected chi connectivity index (χ3v) is 3.77. The van der Waals surface area contributed by atoms with E-state index in [4.69, 9.17) is 5.11 Å². The number of nitrogens with zero attached hydrogens (tertiary/aromatic N) is 1. The fourth-order valence-electron chi connectivity index (χ4n) is 1.48. The van der Waals surface area contributed by atoms with Crippen LogP contribution in [0.15, 0.2) is 33.6 Å². The number of carboxylic acids is 1. The number of halogens is 1.